The predicted molar refractivity (Wildman–Crippen MR) is 56.9 cm³/mol. The predicted octanol–water partition coefficient (Wildman–Crippen LogP) is 2.17. The summed E-state index contributed by atoms with van der Waals surface area (Å²) >= 11 is 0. The summed E-state index contributed by atoms with van der Waals surface area (Å²) in [6.45, 7) is 0.639. The minimum Gasteiger partial charge on any atom is -0.364 e. The summed E-state index contributed by atoms with van der Waals surface area (Å²) in [6, 6.07) is 8.68. The van der Waals surface area contributed by atoms with Crippen molar-refractivity contribution in [1.29, 1.82) is 0 Å². The maximum Gasteiger partial charge on any atom is 0.214 e. The van der Waals surface area contributed by atoms with Gasteiger partial charge in [-0.1, -0.05) is 6.07 Å². The van der Waals surface area contributed by atoms with Crippen molar-refractivity contribution in [1.82, 2.24) is 9.55 Å². The van der Waals surface area contributed by atoms with Crippen LogP contribution in [0.25, 0.3) is 0 Å². The molecule has 0 aromatic carbocycles. The van der Waals surface area contributed by atoms with Crippen LogP contribution in [0.2, 0.25) is 0 Å². The lowest BCUT2D eigenvalue weighted by molar-refractivity contribution is 0.585. The molecule has 0 atom stereocenters. The van der Waals surface area contributed by atoms with Crippen molar-refractivity contribution in [3.8, 4) is 0 Å². The molecule has 0 fully saturated rings. The average Bonchev–Trinajstić information content (AvgIpc) is 2.61. The van der Waals surface area contributed by atoms with Gasteiger partial charge in [0.15, 0.2) is 0 Å². The minimum absolute atomic E-state index is 0.466. The van der Waals surface area contributed by atoms with E-state index in [9.17, 15) is 4.39 Å². The van der Waals surface area contributed by atoms with Crippen molar-refractivity contribution in [2.75, 3.05) is 5.32 Å². The van der Waals surface area contributed by atoms with Gasteiger partial charge in [0.1, 0.15) is 5.82 Å². The van der Waals surface area contributed by atoms with Gasteiger partial charge in [0, 0.05) is 18.9 Å². The smallest absolute Gasteiger partial charge is 0.214 e. The third kappa shape index (κ3) is 2.34. The molecule has 0 aliphatic carbocycles. The molecule has 0 spiro atoms. The van der Waals surface area contributed by atoms with E-state index in [0.717, 1.165) is 5.69 Å². The van der Waals surface area contributed by atoms with E-state index in [1.165, 1.54) is 6.07 Å². The third-order valence-corrected chi connectivity index (χ3v) is 2.22. The van der Waals surface area contributed by atoms with Crippen LogP contribution in [0, 0.1) is 5.95 Å². The number of halogens is 1. The quantitative estimate of drug-likeness (QED) is 0.778. The molecule has 15 heavy (non-hydrogen) atoms. The maximum absolute atomic E-state index is 12.8. The zero-order chi connectivity index (χ0) is 10.7. The Labute approximate surface area is 87.6 Å². The van der Waals surface area contributed by atoms with Crippen LogP contribution in [0.15, 0.2) is 36.5 Å². The van der Waals surface area contributed by atoms with Gasteiger partial charge in [0.2, 0.25) is 5.95 Å². The van der Waals surface area contributed by atoms with Gasteiger partial charge in [-0.05, 0) is 24.3 Å². The Kier molecular flexibility index (Phi) is 2.67. The number of nitrogens with zero attached hydrogens (tertiary/aromatic N) is 2. The monoisotopic (exact) mass is 205 g/mol. The van der Waals surface area contributed by atoms with E-state index in [4.69, 9.17) is 0 Å². The van der Waals surface area contributed by atoms with Gasteiger partial charge in [-0.3, -0.25) is 0 Å². The van der Waals surface area contributed by atoms with E-state index in [0.29, 0.717) is 12.4 Å². The van der Waals surface area contributed by atoms with E-state index in [2.05, 4.69) is 10.3 Å². The number of anilines is 1. The average molecular weight is 205 g/mol. The molecule has 0 saturated heterocycles. The number of pyridine rings is 1. The highest BCUT2D eigenvalue weighted by molar-refractivity contribution is 5.34. The highest BCUT2D eigenvalue weighted by atomic mass is 19.1. The first-order valence-corrected chi connectivity index (χ1v) is 4.72. The largest absolute Gasteiger partial charge is 0.364 e. The van der Waals surface area contributed by atoms with Crippen LogP contribution in [-0.4, -0.2) is 9.55 Å². The summed E-state index contributed by atoms with van der Waals surface area (Å²) in [6.07, 6.45) is 1.97. The van der Waals surface area contributed by atoms with Crippen LogP contribution in [0.3, 0.4) is 0 Å². The minimum atomic E-state index is -0.466. The maximum atomic E-state index is 12.8. The molecule has 2 heterocycles. The van der Waals surface area contributed by atoms with Crippen LogP contribution in [-0.2, 0) is 13.6 Å². The molecule has 0 saturated carbocycles. The molecule has 2 aromatic rings. The van der Waals surface area contributed by atoms with Crippen molar-refractivity contribution >= 4 is 5.82 Å². The van der Waals surface area contributed by atoms with Gasteiger partial charge in [0.05, 0.1) is 6.54 Å². The van der Waals surface area contributed by atoms with Gasteiger partial charge >= 0.3 is 0 Å². The van der Waals surface area contributed by atoms with Crippen molar-refractivity contribution < 1.29 is 4.39 Å². The van der Waals surface area contributed by atoms with Crippen LogP contribution >= 0.6 is 0 Å². The molecule has 0 aliphatic heterocycles. The van der Waals surface area contributed by atoms with E-state index in [1.807, 2.05) is 29.9 Å². The first-order chi connectivity index (χ1) is 7.25. The van der Waals surface area contributed by atoms with Crippen molar-refractivity contribution in [3.63, 3.8) is 0 Å². The Morgan fingerprint density at radius 1 is 1.33 bits per heavy atom. The standard InChI is InChI=1S/C11H12FN3/c1-15-7-3-4-9(15)8-13-11-6-2-5-10(12)14-11/h2-7H,8H2,1H3,(H,13,14). The van der Waals surface area contributed by atoms with Gasteiger partial charge in [-0.2, -0.15) is 4.39 Å². The first-order valence-electron chi connectivity index (χ1n) is 4.72. The van der Waals surface area contributed by atoms with Crippen LogP contribution in [0.1, 0.15) is 5.69 Å². The van der Waals surface area contributed by atoms with Gasteiger partial charge < -0.3 is 9.88 Å². The van der Waals surface area contributed by atoms with E-state index in [-0.39, 0.29) is 0 Å². The molecule has 2 aromatic heterocycles. The number of aromatic nitrogens is 2. The van der Waals surface area contributed by atoms with E-state index < -0.39 is 5.95 Å². The molecular weight excluding hydrogens is 193 g/mol. The molecular formula is C11H12FN3. The fraction of sp³-hybridized carbons (Fsp3) is 0.182. The summed E-state index contributed by atoms with van der Waals surface area (Å²) < 4.78 is 14.8. The lowest BCUT2D eigenvalue weighted by Crippen LogP contribution is -2.05. The van der Waals surface area contributed by atoms with E-state index in [1.54, 1.807) is 12.1 Å². The number of hydrogen-bond donors (Lipinski definition) is 1. The molecule has 1 N–H and O–H groups in total. The summed E-state index contributed by atoms with van der Waals surface area (Å²) in [7, 11) is 1.97. The zero-order valence-electron chi connectivity index (χ0n) is 8.44. The Balaban J connectivity index is 2.02. The summed E-state index contributed by atoms with van der Waals surface area (Å²) in [4.78, 5) is 3.72. The molecule has 4 heteroatoms. The normalized spacial score (nSPS) is 10.3. The fourth-order valence-corrected chi connectivity index (χ4v) is 1.37. The lowest BCUT2D eigenvalue weighted by Gasteiger charge is -2.06. The SMILES string of the molecule is Cn1cccc1CNc1cccc(F)n1. The highest BCUT2D eigenvalue weighted by Crippen LogP contribution is 2.06. The molecule has 0 aliphatic rings. The van der Waals surface area contributed by atoms with Gasteiger partial charge in [-0.15, -0.1) is 0 Å². The second-order valence-electron chi connectivity index (χ2n) is 3.31. The fourth-order valence-electron chi connectivity index (χ4n) is 1.37. The number of nitrogens with one attached hydrogen (secondary N) is 1. The van der Waals surface area contributed by atoms with Crippen molar-refractivity contribution in [3.05, 3.63) is 48.2 Å². The van der Waals surface area contributed by atoms with Crippen LogP contribution < -0.4 is 5.32 Å². The first kappa shape index (κ1) is 9.71. The summed E-state index contributed by atoms with van der Waals surface area (Å²) in [5.74, 6) is 0.0862. The lowest BCUT2D eigenvalue weighted by atomic mass is 10.4. The Morgan fingerprint density at radius 2 is 2.20 bits per heavy atom. The second kappa shape index (κ2) is 4.13. The number of hydrogen-bond acceptors (Lipinski definition) is 2. The number of aryl methyl sites for hydroxylation is 1. The summed E-state index contributed by atoms with van der Waals surface area (Å²) in [5, 5.41) is 3.06. The molecule has 0 radical (unpaired) electrons. The van der Waals surface area contributed by atoms with Crippen LogP contribution in [0.5, 0.6) is 0 Å². The van der Waals surface area contributed by atoms with Gasteiger partial charge in [-0.25, -0.2) is 4.98 Å². The Bertz CT molecular complexity index is 451. The third-order valence-electron chi connectivity index (χ3n) is 2.22. The van der Waals surface area contributed by atoms with Crippen molar-refractivity contribution in [2.24, 2.45) is 7.05 Å². The van der Waals surface area contributed by atoms with E-state index >= 15 is 0 Å². The topological polar surface area (TPSA) is 29.9 Å². The molecule has 2 rings (SSSR count). The number of rotatable bonds is 3. The molecule has 78 valence electrons. The highest BCUT2D eigenvalue weighted by Gasteiger charge is 1.98. The van der Waals surface area contributed by atoms with Gasteiger partial charge in [0.25, 0.3) is 0 Å². The van der Waals surface area contributed by atoms with Crippen LogP contribution in [0.4, 0.5) is 10.2 Å². The molecule has 3 nitrogen and oxygen atoms in total. The molecule has 0 unspecified atom stereocenters. The Hall–Kier alpha value is -1.84. The zero-order valence-corrected chi connectivity index (χ0v) is 8.44. The Morgan fingerprint density at radius 3 is 2.87 bits per heavy atom. The van der Waals surface area contributed by atoms with Crippen molar-refractivity contribution in [2.45, 2.75) is 6.54 Å². The second-order valence-corrected chi connectivity index (χ2v) is 3.31. The molecule has 0 amide bonds. The summed E-state index contributed by atoms with van der Waals surface area (Å²) in [5.41, 5.74) is 1.13. The molecule has 0 bridgehead atoms.